The van der Waals surface area contributed by atoms with Gasteiger partial charge in [-0.1, -0.05) is 0 Å². The second-order valence-electron chi connectivity index (χ2n) is 8.26. The number of nitrogens with two attached hydrogens (primary N) is 1. The van der Waals surface area contributed by atoms with Gasteiger partial charge in [0, 0.05) is 39.3 Å². The fourth-order valence-corrected chi connectivity index (χ4v) is 4.39. The maximum Gasteiger partial charge on any atom is 0.238 e. The number of amides is 2. The van der Waals surface area contributed by atoms with Crippen molar-refractivity contribution in [3.63, 3.8) is 0 Å². The number of aliphatic hydroxyl groups excluding tert-OH is 1. The van der Waals surface area contributed by atoms with Crippen LogP contribution in [0.2, 0.25) is 0 Å². The van der Waals surface area contributed by atoms with Crippen LogP contribution in [0.5, 0.6) is 0 Å². The van der Waals surface area contributed by atoms with Crippen molar-refractivity contribution in [2.75, 3.05) is 59.5 Å². The van der Waals surface area contributed by atoms with Gasteiger partial charge >= 0.3 is 0 Å². The van der Waals surface area contributed by atoms with E-state index in [1.54, 1.807) is 4.90 Å². The van der Waals surface area contributed by atoms with Crippen LogP contribution in [-0.4, -0.2) is 91.1 Å². The van der Waals surface area contributed by atoms with Crippen molar-refractivity contribution < 1.29 is 14.7 Å². The number of carbonyl (C=O) groups excluding carboxylic acids is 2. The van der Waals surface area contributed by atoms with Crippen LogP contribution in [0.4, 0.5) is 0 Å². The average Bonchev–Trinajstić information content (AvgIpc) is 3.41. The van der Waals surface area contributed by atoms with E-state index < -0.39 is 11.3 Å². The Morgan fingerprint density at radius 1 is 1.12 bits per heavy atom. The minimum Gasteiger partial charge on any atom is -0.396 e. The molecule has 2 atom stereocenters. The van der Waals surface area contributed by atoms with Crippen molar-refractivity contribution in [3.8, 4) is 0 Å². The number of nitrogens with zero attached hydrogens (tertiary/aromatic N) is 3. The quantitative estimate of drug-likeness (QED) is 0.642. The summed E-state index contributed by atoms with van der Waals surface area (Å²) >= 11 is 0. The Balaban J connectivity index is 1.62. The largest absolute Gasteiger partial charge is 0.396 e. The normalized spacial score (nSPS) is 30.7. The summed E-state index contributed by atoms with van der Waals surface area (Å²) in [4.78, 5) is 31.2. The molecule has 3 aliphatic rings. The number of likely N-dealkylation sites (N-methyl/N-ethyl adjacent to an activating group) is 1. The summed E-state index contributed by atoms with van der Waals surface area (Å²) in [7, 11) is 2.16. The first-order valence-corrected chi connectivity index (χ1v) is 9.55. The third kappa shape index (κ3) is 4.15. The molecule has 7 heteroatoms. The van der Waals surface area contributed by atoms with Crippen molar-refractivity contribution in [1.82, 2.24) is 14.7 Å². The molecule has 25 heavy (non-hydrogen) atoms. The van der Waals surface area contributed by atoms with Gasteiger partial charge in [-0.25, -0.2) is 0 Å². The number of piperidine rings is 1. The number of carbonyl (C=O) groups is 2. The molecule has 2 amide bonds. The van der Waals surface area contributed by atoms with Gasteiger partial charge in [-0.2, -0.15) is 0 Å². The molecule has 142 valence electrons. The topological polar surface area (TPSA) is 90.1 Å². The van der Waals surface area contributed by atoms with Crippen LogP contribution >= 0.6 is 0 Å². The summed E-state index contributed by atoms with van der Waals surface area (Å²) in [6.07, 6.45) is 3.26. The summed E-state index contributed by atoms with van der Waals surface area (Å²) in [5.74, 6) is -0.155. The number of hydrogen-bond donors (Lipinski definition) is 2. The van der Waals surface area contributed by atoms with Gasteiger partial charge in [0.25, 0.3) is 0 Å². The first-order valence-electron chi connectivity index (χ1n) is 9.55. The Labute approximate surface area is 150 Å². The highest BCUT2D eigenvalue weighted by Gasteiger charge is 2.57. The molecule has 7 nitrogen and oxygen atoms in total. The van der Waals surface area contributed by atoms with Gasteiger partial charge in [0.05, 0.1) is 0 Å². The molecule has 3 N–H and O–H groups in total. The van der Waals surface area contributed by atoms with Gasteiger partial charge in [-0.05, 0) is 57.7 Å². The minimum absolute atomic E-state index is 0.0899. The van der Waals surface area contributed by atoms with Gasteiger partial charge in [0.15, 0.2) is 0 Å². The fraction of sp³-hybridized carbons (Fsp3) is 0.889. The van der Waals surface area contributed by atoms with Crippen LogP contribution in [-0.2, 0) is 9.59 Å². The van der Waals surface area contributed by atoms with Gasteiger partial charge in [0.1, 0.15) is 5.41 Å². The van der Waals surface area contributed by atoms with E-state index in [1.165, 1.54) is 6.42 Å². The molecule has 1 saturated carbocycles. The summed E-state index contributed by atoms with van der Waals surface area (Å²) in [6, 6.07) is 0. The molecule has 2 heterocycles. The summed E-state index contributed by atoms with van der Waals surface area (Å²) < 4.78 is 0. The lowest BCUT2D eigenvalue weighted by Crippen LogP contribution is -2.52. The van der Waals surface area contributed by atoms with Gasteiger partial charge < -0.3 is 25.5 Å². The molecule has 3 rings (SSSR count). The molecule has 2 aliphatic heterocycles. The van der Waals surface area contributed by atoms with E-state index in [4.69, 9.17) is 5.73 Å². The number of rotatable bonds is 5. The van der Waals surface area contributed by atoms with Crippen LogP contribution in [0.1, 0.15) is 25.7 Å². The monoisotopic (exact) mass is 352 g/mol. The van der Waals surface area contributed by atoms with Gasteiger partial charge in [0.2, 0.25) is 11.8 Å². The van der Waals surface area contributed by atoms with Crippen molar-refractivity contribution in [3.05, 3.63) is 0 Å². The Bertz CT molecular complexity index is 509. The third-order valence-corrected chi connectivity index (χ3v) is 6.13. The van der Waals surface area contributed by atoms with Crippen LogP contribution in [0.15, 0.2) is 0 Å². The number of primary amides is 1. The highest BCUT2D eigenvalue weighted by molar-refractivity contribution is 6.07. The van der Waals surface area contributed by atoms with E-state index in [2.05, 4.69) is 16.8 Å². The molecule has 0 unspecified atom stereocenters. The molecule has 0 bridgehead atoms. The SMILES string of the molecule is CN1CCCN(C[C@H]2C[C@H](CO)CN(C(=O)C3(C(N)=O)CC3)C2)CC1. The highest BCUT2D eigenvalue weighted by Crippen LogP contribution is 2.47. The Kier molecular flexibility index (Phi) is 5.65. The van der Waals surface area contributed by atoms with Crippen LogP contribution in [0.3, 0.4) is 0 Å². The second-order valence-corrected chi connectivity index (χ2v) is 8.26. The molecule has 0 radical (unpaired) electrons. The van der Waals surface area contributed by atoms with Crippen LogP contribution in [0, 0.1) is 17.3 Å². The van der Waals surface area contributed by atoms with Gasteiger partial charge in [-0.3, -0.25) is 9.59 Å². The standard InChI is InChI=1S/C18H32N4O3/c1-20-5-2-6-21(8-7-20)10-14-9-15(13-23)12-22(11-14)17(25)18(3-4-18)16(19)24/h14-15,23H,2-13H2,1H3,(H2,19,24)/t14-,15+/m1/s1. The van der Waals surface area contributed by atoms with E-state index >= 15 is 0 Å². The van der Waals surface area contributed by atoms with E-state index in [9.17, 15) is 14.7 Å². The Morgan fingerprint density at radius 3 is 2.48 bits per heavy atom. The molecular formula is C18H32N4O3. The van der Waals surface area contributed by atoms with E-state index in [-0.39, 0.29) is 18.4 Å². The first-order chi connectivity index (χ1) is 11.9. The number of aliphatic hydroxyl groups is 1. The summed E-state index contributed by atoms with van der Waals surface area (Å²) in [5.41, 5.74) is 4.52. The van der Waals surface area contributed by atoms with Crippen molar-refractivity contribution >= 4 is 11.8 Å². The van der Waals surface area contributed by atoms with Crippen LogP contribution < -0.4 is 5.73 Å². The summed E-state index contributed by atoms with van der Waals surface area (Å²) in [6.45, 7) is 6.61. The van der Waals surface area contributed by atoms with Gasteiger partial charge in [-0.15, -0.1) is 0 Å². The lowest BCUT2D eigenvalue weighted by atomic mass is 9.88. The first kappa shape index (κ1) is 18.6. The Morgan fingerprint density at radius 2 is 1.84 bits per heavy atom. The maximum atomic E-state index is 12.8. The lowest BCUT2D eigenvalue weighted by molar-refractivity contribution is -0.145. The predicted molar refractivity (Wildman–Crippen MR) is 94.7 cm³/mol. The zero-order valence-corrected chi connectivity index (χ0v) is 15.3. The van der Waals surface area contributed by atoms with Crippen LogP contribution in [0.25, 0.3) is 0 Å². The zero-order valence-electron chi connectivity index (χ0n) is 15.3. The molecular weight excluding hydrogens is 320 g/mol. The fourth-order valence-electron chi connectivity index (χ4n) is 4.39. The van der Waals surface area contributed by atoms with E-state index in [0.717, 1.165) is 39.1 Å². The third-order valence-electron chi connectivity index (χ3n) is 6.13. The molecule has 0 aromatic rings. The predicted octanol–water partition coefficient (Wildman–Crippen LogP) is -0.654. The average molecular weight is 352 g/mol. The molecule has 0 aromatic heterocycles. The molecule has 0 spiro atoms. The Hall–Kier alpha value is -1.18. The number of likely N-dealkylation sites (tertiary alicyclic amines) is 1. The van der Waals surface area contributed by atoms with Crippen molar-refractivity contribution in [2.45, 2.75) is 25.7 Å². The molecule has 0 aromatic carbocycles. The highest BCUT2D eigenvalue weighted by atomic mass is 16.3. The molecule has 1 aliphatic carbocycles. The molecule has 2 saturated heterocycles. The van der Waals surface area contributed by atoms with Crippen molar-refractivity contribution in [1.29, 1.82) is 0 Å². The smallest absolute Gasteiger partial charge is 0.238 e. The minimum atomic E-state index is -0.951. The maximum absolute atomic E-state index is 12.8. The van der Waals surface area contributed by atoms with E-state index in [1.807, 2.05) is 0 Å². The number of hydrogen-bond acceptors (Lipinski definition) is 5. The second kappa shape index (κ2) is 7.60. The zero-order chi connectivity index (χ0) is 18.0. The van der Waals surface area contributed by atoms with Crippen molar-refractivity contribution in [2.24, 2.45) is 23.0 Å². The molecule has 3 fully saturated rings. The lowest BCUT2D eigenvalue weighted by Gasteiger charge is -2.40. The summed E-state index contributed by atoms with van der Waals surface area (Å²) in [5, 5.41) is 9.67. The van der Waals surface area contributed by atoms with E-state index in [0.29, 0.717) is 31.8 Å².